The lowest BCUT2D eigenvalue weighted by Crippen LogP contribution is -2.38. The van der Waals surface area contributed by atoms with Crippen molar-refractivity contribution in [2.75, 3.05) is 32.8 Å². The Morgan fingerprint density at radius 3 is 2.95 bits per heavy atom. The monoisotopic (exact) mass is 294 g/mol. The summed E-state index contributed by atoms with van der Waals surface area (Å²) in [5, 5.41) is 5.97. The van der Waals surface area contributed by atoms with Crippen molar-refractivity contribution < 1.29 is 22.4 Å². The van der Waals surface area contributed by atoms with Crippen molar-refractivity contribution in [2.24, 2.45) is 0 Å². The first-order valence-corrected chi connectivity index (χ1v) is 6.42. The Balaban J connectivity index is 1.85. The van der Waals surface area contributed by atoms with Gasteiger partial charge in [0.25, 0.3) is 0 Å². The lowest BCUT2D eigenvalue weighted by Gasteiger charge is -2.30. The quantitative estimate of drug-likeness (QED) is 0.878. The van der Waals surface area contributed by atoms with Crippen LogP contribution in [0.5, 0.6) is 0 Å². The van der Waals surface area contributed by atoms with Gasteiger partial charge in [0.1, 0.15) is 6.10 Å². The molecule has 1 aromatic heterocycles. The van der Waals surface area contributed by atoms with Gasteiger partial charge in [-0.3, -0.25) is 4.90 Å². The maximum absolute atomic E-state index is 12.0. The highest BCUT2D eigenvalue weighted by Crippen LogP contribution is 2.19. The lowest BCUT2D eigenvalue weighted by molar-refractivity contribution is -0.125. The molecule has 6 nitrogen and oxygen atoms in total. The van der Waals surface area contributed by atoms with Crippen molar-refractivity contribution in [1.82, 2.24) is 20.4 Å². The largest absolute Gasteiger partial charge is 0.401 e. The molecule has 114 valence electrons. The van der Waals surface area contributed by atoms with Crippen LogP contribution in [0.25, 0.3) is 0 Å². The molecule has 9 heteroatoms. The maximum Gasteiger partial charge on any atom is 0.401 e. The fraction of sp³-hybridized carbons (Fsp3) is 0.818. The molecule has 1 saturated heterocycles. The van der Waals surface area contributed by atoms with E-state index in [1.807, 2.05) is 6.92 Å². The number of rotatable bonds is 5. The number of likely N-dealkylation sites (N-methyl/N-ethyl adjacent to an activating group) is 1. The zero-order valence-electron chi connectivity index (χ0n) is 11.1. The molecule has 0 amide bonds. The van der Waals surface area contributed by atoms with Crippen molar-refractivity contribution in [3.63, 3.8) is 0 Å². The van der Waals surface area contributed by atoms with Gasteiger partial charge >= 0.3 is 6.18 Å². The summed E-state index contributed by atoms with van der Waals surface area (Å²) in [7, 11) is 0. The minimum atomic E-state index is -4.25. The third kappa shape index (κ3) is 4.43. The number of aromatic nitrogens is 2. The first-order valence-electron chi connectivity index (χ1n) is 6.42. The number of halogens is 3. The third-order valence-corrected chi connectivity index (χ3v) is 2.97. The summed E-state index contributed by atoms with van der Waals surface area (Å²) in [4.78, 5) is 6.25. The fourth-order valence-corrected chi connectivity index (χ4v) is 1.93. The van der Waals surface area contributed by atoms with Crippen LogP contribution in [-0.4, -0.2) is 54.0 Å². The second kappa shape index (κ2) is 6.51. The van der Waals surface area contributed by atoms with E-state index >= 15 is 0 Å². The molecular formula is C11H17F3N4O2. The second-order valence-corrected chi connectivity index (χ2v) is 4.52. The van der Waals surface area contributed by atoms with Crippen molar-refractivity contribution in [1.29, 1.82) is 0 Å². The van der Waals surface area contributed by atoms with Crippen LogP contribution in [0.3, 0.4) is 0 Å². The summed E-state index contributed by atoms with van der Waals surface area (Å²) in [6.45, 7) is 3.83. The number of ether oxygens (including phenoxy) is 1. The van der Waals surface area contributed by atoms with Crippen molar-refractivity contribution >= 4 is 0 Å². The molecule has 1 aliphatic rings. The molecule has 20 heavy (non-hydrogen) atoms. The molecule has 1 unspecified atom stereocenters. The van der Waals surface area contributed by atoms with E-state index in [-0.39, 0.29) is 18.5 Å². The summed E-state index contributed by atoms with van der Waals surface area (Å²) >= 11 is 0. The highest BCUT2D eigenvalue weighted by Gasteiger charge is 2.27. The van der Waals surface area contributed by atoms with E-state index in [2.05, 4.69) is 20.4 Å². The van der Waals surface area contributed by atoms with E-state index in [4.69, 9.17) is 9.26 Å². The molecule has 1 aliphatic heterocycles. The molecule has 1 aromatic rings. The average molecular weight is 294 g/mol. The maximum atomic E-state index is 12.0. The number of nitrogens with zero attached hydrogens (tertiary/aromatic N) is 3. The lowest BCUT2D eigenvalue weighted by atomic mass is 10.2. The van der Waals surface area contributed by atoms with E-state index in [1.165, 1.54) is 0 Å². The number of hydrogen-bond acceptors (Lipinski definition) is 6. The zero-order chi connectivity index (χ0) is 14.6. The van der Waals surface area contributed by atoms with Crippen LogP contribution in [-0.2, 0) is 11.3 Å². The molecule has 2 rings (SSSR count). The molecular weight excluding hydrogens is 277 g/mol. The Bertz CT molecular complexity index is 424. The highest BCUT2D eigenvalue weighted by molar-refractivity contribution is 4.94. The summed E-state index contributed by atoms with van der Waals surface area (Å²) in [6, 6.07) is 0. The Kier molecular flexibility index (Phi) is 4.95. The Labute approximate surface area is 114 Å². The van der Waals surface area contributed by atoms with Crippen LogP contribution in [0.1, 0.15) is 24.7 Å². The molecule has 2 heterocycles. The van der Waals surface area contributed by atoms with Gasteiger partial charge in [0.2, 0.25) is 11.7 Å². The summed E-state index contributed by atoms with van der Waals surface area (Å²) in [6.07, 6.45) is -4.54. The molecule has 0 aromatic carbocycles. The van der Waals surface area contributed by atoms with Crippen LogP contribution in [0.2, 0.25) is 0 Å². The van der Waals surface area contributed by atoms with Gasteiger partial charge in [0.15, 0.2) is 0 Å². The smallest absolute Gasteiger partial charge is 0.367 e. The number of hydrogen-bond donors (Lipinski definition) is 1. The predicted molar refractivity (Wildman–Crippen MR) is 62.9 cm³/mol. The standard InChI is InChI=1S/C11H17F3N4O2/c1-2-18-3-4-19-8(6-18)10-16-9(20-17-10)5-15-7-11(12,13)14/h8,15H,2-7H2,1H3. The van der Waals surface area contributed by atoms with Gasteiger partial charge in [-0.25, -0.2) is 0 Å². The van der Waals surface area contributed by atoms with Gasteiger partial charge in [0.05, 0.1) is 19.7 Å². The number of morpholine rings is 1. The Hall–Kier alpha value is -1.19. The van der Waals surface area contributed by atoms with Crippen LogP contribution in [0.4, 0.5) is 13.2 Å². The second-order valence-electron chi connectivity index (χ2n) is 4.52. The number of nitrogens with one attached hydrogen (secondary N) is 1. The van der Waals surface area contributed by atoms with E-state index in [0.29, 0.717) is 19.0 Å². The summed E-state index contributed by atoms with van der Waals surface area (Å²) in [5.41, 5.74) is 0. The van der Waals surface area contributed by atoms with Crippen molar-refractivity contribution in [3.8, 4) is 0 Å². The summed E-state index contributed by atoms with van der Waals surface area (Å²) < 4.78 is 46.4. The van der Waals surface area contributed by atoms with Crippen molar-refractivity contribution in [3.05, 3.63) is 11.7 Å². The van der Waals surface area contributed by atoms with Gasteiger partial charge < -0.3 is 14.6 Å². The molecule has 0 saturated carbocycles. The van der Waals surface area contributed by atoms with E-state index in [9.17, 15) is 13.2 Å². The van der Waals surface area contributed by atoms with Gasteiger partial charge in [-0.2, -0.15) is 18.2 Å². The van der Waals surface area contributed by atoms with Gasteiger partial charge in [-0.1, -0.05) is 12.1 Å². The Morgan fingerprint density at radius 1 is 1.45 bits per heavy atom. The van der Waals surface area contributed by atoms with E-state index < -0.39 is 12.7 Å². The average Bonchev–Trinajstić information content (AvgIpc) is 2.86. The van der Waals surface area contributed by atoms with Crippen LogP contribution < -0.4 is 5.32 Å². The molecule has 1 atom stereocenters. The topological polar surface area (TPSA) is 63.4 Å². The predicted octanol–water partition coefficient (Wildman–Crippen LogP) is 1.11. The Morgan fingerprint density at radius 2 is 2.25 bits per heavy atom. The normalized spacial score (nSPS) is 21.3. The first kappa shape index (κ1) is 15.2. The van der Waals surface area contributed by atoms with Gasteiger partial charge in [-0.05, 0) is 6.54 Å². The minimum Gasteiger partial charge on any atom is -0.367 e. The van der Waals surface area contributed by atoms with Crippen LogP contribution in [0, 0.1) is 0 Å². The molecule has 0 spiro atoms. The van der Waals surface area contributed by atoms with Crippen molar-refractivity contribution in [2.45, 2.75) is 25.7 Å². The van der Waals surface area contributed by atoms with Crippen LogP contribution in [0.15, 0.2) is 4.52 Å². The van der Waals surface area contributed by atoms with E-state index in [0.717, 1.165) is 13.1 Å². The van der Waals surface area contributed by atoms with Crippen LogP contribution >= 0.6 is 0 Å². The molecule has 0 bridgehead atoms. The highest BCUT2D eigenvalue weighted by atomic mass is 19.4. The fourth-order valence-electron chi connectivity index (χ4n) is 1.93. The first-order chi connectivity index (χ1) is 9.48. The molecule has 0 radical (unpaired) electrons. The number of alkyl halides is 3. The third-order valence-electron chi connectivity index (χ3n) is 2.97. The SMILES string of the molecule is CCN1CCOC(c2noc(CNCC(F)(F)F)n2)C1. The zero-order valence-corrected chi connectivity index (χ0v) is 11.1. The summed E-state index contributed by atoms with van der Waals surface area (Å²) in [5.74, 6) is 0.508. The molecule has 1 N–H and O–H groups in total. The van der Waals surface area contributed by atoms with E-state index in [1.54, 1.807) is 0 Å². The minimum absolute atomic E-state index is 0.114. The molecule has 0 aliphatic carbocycles. The molecule has 1 fully saturated rings. The van der Waals surface area contributed by atoms with Gasteiger partial charge in [0, 0.05) is 13.1 Å². The van der Waals surface area contributed by atoms with Gasteiger partial charge in [-0.15, -0.1) is 0 Å².